The lowest BCUT2D eigenvalue weighted by molar-refractivity contribution is -0.0345. The summed E-state index contributed by atoms with van der Waals surface area (Å²) in [6, 6.07) is 8.64. The summed E-state index contributed by atoms with van der Waals surface area (Å²) in [6.45, 7) is 9.18. The van der Waals surface area contributed by atoms with E-state index >= 15 is 0 Å². The molecule has 0 fully saturated rings. The number of aryl methyl sites for hydroxylation is 1. The van der Waals surface area contributed by atoms with Gasteiger partial charge in [0.15, 0.2) is 0 Å². The van der Waals surface area contributed by atoms with Crippen LogP contribution in [-0.2, 0) is 4.74 Å². The van der Waals surface area contributed by atoms with E-state index in [1.807, 2.05) is 0 Å². The van der Waals surface area contributed by atoms with Crippen LogP contribution < -0.4 is 4.90 Å². The Kier molecular flexibility index (Phi) is 6.89. The first kappa shape index (κ1) is 16.0. The number of hydrogen-bond acceptors (Lipinski definition) is 3. The summed E-state index contributed by atoms with van der Waals surface area (Å²) in [5.74, 6) is 0. The highest BCUT2D eigenvalue weighted by Crippen LogP contribution is 2.15. The van der Waals surface area contributed by atoms with Gasteiger partial charge in [-0.25, -0.2) is 0 Å². The zero-order valence-electron chi connectivity index (χ0n) is 13.0. The second kappa shape index (κ2) is 8.18. The van der Waals surface area contributed by atoms with Crippen LogP contribution in [0.5, 0.6) is 0 Å². The topological polar surface area (TPSA) is 15.7 Å². The Hall–Kier alpha value is -1.06. The number of ether oxygens (including phenoxy) is 1. The summed E-state index contributed by atoms with van der Waals surface area (Å²) in [5.41, 5.74) is 2.58. The number of nitrogens with zero attached hydrogens (tertiary/aromatic N) is 2. The number of hydrogen-bond donors (Lipinski definition) is 0. The van der Waals surface area contributed by atoms with Gasteiger partial charge in [0.05, 0.1) is 6.61 Å². The van der Waals surface area contributed by atoms with Crippen molar-refractivity contribution >= 4 is 5.69 Å². The van der Waals surface area contributed by atoms with Gasteiger partial charge in [-0.15, -0.1) is 0 Å². The molecule has 0 N–H and O–H groups in total. The van der Waals surface area contributed by atoms with Crippen LogP contribution in [-0.4, -0.2) is 44.9 Å². The highest BCUT2D eigenvalue weighted by atomic mass is 16.5. The number of likely N-dealkylation sites (N-methyl/N-ethyl adjacent to an activating group) is 1. The molecule has 108 valence electrons. The van der Waals surface area contributed by atoms with Crippen LogP contribution in [0.3, 0.4) is 0 Å². The summed E-state index contributed by atoms with van der Waals surface area (Å²) in [5, 5.41) is 0. The van der Waals surface area contributed by atoms with E-state index in [1.165, 1.54) is 11.3 Å². The molecule has 0 spiro atoms. The lowest BCUT2D eigenvalue weighted by Crippen LogP contribution is -2.34. The first-order valence-corrected chi connectivity index (χ1v) is 7.18. The van der Waals surface area contributed by atoms with Crippen LogP contribution in [0.4, 0.5) is 5.69 Å². The second-order valence-corrected chi connectivity index (χ2v) is 5.12. The lowest BCUT2D eigenvalue weighted by Gasteiger charge is -2.27. The molecule has 0 aromatic heterocycles. The molecule has 0 aliphatic heterocycles. The summed E-state index contributed by atoms with van der Waals surface area (Å²) >= 11 is 0. The van der Waals surface area contributed by atoms with Crippen molar-refractivity contribution in [1.82, 2.24) is 4.90 Å². The van der Waals surface area contributed by atoms with Crippen molar-refractivity contribution in [2.24, 2.45) is 0 Å². The average Bonchev–Trinajstić information content (AvgIpc) is 2.38. The van der Waals surface area contributed by atoms with Gasteiger partial charge in [0.25, 0.3) is 0 Å². The van der Waals surface area contributed by atoms with Gasteiger partial charge in [0, 0.05) is 18.8 Å². The van der Waals surface area contributed by atoms with Crippen LogP contribution >= 0.6 is 0 Å². The first-order chi connectivity index (χ1) is 9.08. The van der Waals surface area contributed by atoms with Crippen molar-refractivity contribution in [1.29, 1.82) is 0 Å². The van der Waals surface area contributed by atoms with Crippen molar-refractivity contribution < 1.29 is 4.74 Å². The number of benzene rings is 1. The van der Waals surface area contributed by atoms with Crippen LogP contribution in [0.25, 0.3) is 0 Å². The van der Waals surface area contributed by atoms with Crippen molar-refractivity contribution in [2.45, 2.75) is 33.4 Å². The van der Waals surface area contributed by atoms with Gasteiger partial charge >= 0.3 is 0 Å². The summed E-state index contributed by atoms with van der Waals surface area (Å²) in [7, 11) is 4.12. The Morgan fingerprint density at radius 3 is 2.47 bits per heavy atom. The Labute approximate surface area is 118 Å². The maximum Gasteiger partial charge on any atom is 0.109 e. The Morgan fingerprint density at radius 1 is 1.21 bits per heavy atom. The van der Waals surface area contributed by atoms with Crippen molar-refractivity contribution in [3.05, 3.63) is 29.8 Å². The minimum absolute atomic E-state index is 0.219. The Bertz CT molecular complexity index is 366. The minimum Gasteiger partial charge on any atom is -0.369 e. The average molecular weight is 264 g/mol. The third-order valence-corrected chi connectivity index (χ3v) is 3.35. The number of rotatable bonds is 8. The zero-order chi connectivity index (χ0) is 14.3. The summed E-state index contributed by atoms with van der Waals surface area (Å²) < 4.78 is 5.92. The van der Waals surface area contributed by atoms with E-state index in [2.05, 4.69) is 68.9 Å². The van der Waals surface area contributed by atoms with E-state index in [1.54, 1.807) is 0 Å². The van der Waals surface area contributed by atoms with Gasteiger partial charge in [-0.1, -0.05) is 19.1 Å². The van der Waals surface area contributed by atoms with Gasteiger partial charge in [-0.2, -0.15) is 0 Å². The van der Waals surface area contributed by atoms with Crippen LogP contribution in [0.1, 0.15) is 25.8 Å². The van der Waals surface area contributed by atoms with Gasteiger partial charge in [-0.05, 0) is 52.1 Å². The van der Waals surface area contributed by atoms with Crippen molar-refractivity contribution in [3.8, 4) is 0 Å². The minimum atomic E-state index is 0.219. The molecular weight excluding hydrogens is 236 g/mol. The molecule has 1 aromatic rings. The fourth-order valence-corrected chi connectivity index (χ4v) is 2.23. The van der Waals surface area contributed by atoms with Gasteiger partial charge < -0.3 is 9.64 Å². The van der Waals surface area contributed by atoms with Crippen LogP contribution in [0, 0.1) is 6.92 Å². The Balaban J connectivity index is 2.49. The largest absolute Gasteiger partial charge is 0.369 e. The van der Waals surface area contributed by atoms with Crippen LogP contribution in [0.2, 0.25) is 0 Å². The van der Waals surface area contributed by atoms with Crippen molar-refractivity contribution in [3.63, 3.8) is 0 Å². The standard InChI is InChI=1S/C16H28N2O/c1-6-16(17(4)5)19-12-11-18(7-2)15-10-8-9-14(3)13-15/h8-10,13,16H,6-7,11-12H2,1-5H3/t16-/m1/s1. The van der Waals surface area contributed by atoms with E-state index in [0.29, 0.717) is 0 Å². The molecule has 0 bridgehead atoms. The fourth-order valence-electron chi connectivity index (χ4n) is 2.23. The Morgan fingerprint density at radius 2 is 1.95 bits per heavy atom. The highest BCUT2D eigenvalue weighted by molar-refractivity contribution is 5.48. The highest BCUT2D eigenvalue weighted by Gasteiger charge is 2.10. The molecule has 0 amide bonds. The van der Waals surface area contributed by atoms with E-state index in [0.717, 1.165) is 26.1 Å². The molecule has 0 radical (unpaired) electrons. The van der Waals surface area contributed by atoms with Gasteiger partial charge in [0.2, 0.25) is 0 Å². The molecule has 1 aromatic carbocycles. The van der Waals surface area contributed by atoms with E-state index in [4.69, 9.17) is 4.74 Å². The zero-order valence-corrected chi connectivity index (χ0v) is 13.0. The number of anilines is 1. The van der Waals surface area contributed by atoms with Crippen LogP contribution in [0.15, 0.2) is 24.3 Å². The maximum absolute atomic E-state index is 5.92. The first-order valence-electron chi connectivity index (χ1n) is 7.18. The molecule has 0 aliphatic rings. The predicted octanol–water partition coefficient (Wildman–Crippen LogP) is 3.14. The smallest absolute Gasteiger partial charge is 0.109 e. The molecule has 0 saturated carbocycles. The predicted molar refractivity (Wildman–Crippen MR) is 82.8 cm³/mol. The van der Waals surface area contributed by atoms with Crippen molar-refractivity contribution in [2.75, 3.05) is 38.7 Å². The van der Waals surface area contributed by atoms with E-state index < -0.39 is 0 Å². The quantitative estimate of drug-likeness (QED) is 0.671. The molecule has 1 rings (SSSR count). The molecule has 19 heavy (non-hydrogen) atoms. The molecule has 0 heterocycles. The molecular formula is C16H28N2O. The molecule has 0 saturated heterocycles. The lowest BCUT2D eigenvalue weighted by atomic mass is 10.2. The van der Waals surface area contributed by atoms with E-state index in [9.17, 15) is 0 Å². The summed E-state index contributed by atoms with van der Waals surface area (Å²) in [6.07, 6.45) is 1.24. The third-order valence-electron chi connectivity index (χ3n) is 3.35. The monoisotopic (exact) mass is 264 g/mol. The fraction of sp³-hybridized carbons (Fsp3) is 0.625. The second-order valence-electron chi connectivity index (χ2n) is 5.12. The maximum atomic E-state index is 5.92. The normalized spacial score (nSPS) is 12.7. The molecule has 0 unspecified atom stereocenters. The molecule has 3 heteroatoms. The van der Waals surface area contributed by atoms with E-state index in [-0.39, 0.29) is 6.23 Å². The molecule has 3 nitrogen and oxygen atoms in total. The van der Waals surface area contributed by atoms with Gasteiger partial charge in [-0.3, -0.25) is 4.90 Å². The summed E-state index contributed by atoms with van der Waals surface area (Å²) in [4.78, 5) is 4.48. The van der Waals surface area contributed by atoms with Gasteiger partial charge in [0.1, 0.15) is 6.23 Å². The SMILES string of the molecule is CC[C@@H](OCCN(CC)c1cccc(C)c1)N(C)C. The molecule has 0 aliphatic carbocycles. The molecule has 1 atom stereocenters. The third kappa shape index (κ3) is 5.21.